The van der Waals surface area contributed by atoms with Crippen molar-refractivity contribution in [3.05, 3.63) is 83.9 Å². The molecule has 1 atom stereocenters. The van der Waals surface area contributed by atoms with Crippen LogP contribution in [0.2, 0.25) is 0 Å². The summed E-state index contributed by atoms with van der Waals surface area (Å²) in [4.78, 5) is 17.9. The van der Waals surface area contributed by atoms with Gasteiger partial charge in [-0.3, -0.25) is 4.79 Å². The molecule has 138 valence electrons. The van der Waals surface area contributed by atoms with E-state index in [0.717, 1.165) is 36.4 Å². The third kappa shape index (κ3) is 4.08. The fraction of sp³-hybridized carbons (Fsp3) is 0.227. The normalized spacial score (nSPS) is 17.5. The number of aromatic nitrogens is 1. The first-order valence-electron chi connectivity index (χ1n) is 9.11. The molecule has 4 rings (SSSR count). The quantitative estimate of drug-likeness (QED) is 0.683. The SMILES string of the molecule is O=C(c1cc(-c2ccc(F)cc2)c[nH]1)N1CCS[C@@H](c2ccccc2)CC1. The van der Waals surface area contributed by atoms with Gasteiger partial charge in [0.05, 0.1) is 0 Å². The van der Waals surface area contributed by atoms with E-state index in [-0.39, 0.29) is 11.7 Å². The highest BCUT2D eigenvalue weighted by Gasteiger charge is 2.23. The van der Waals surface area contributed by atoms with E-state index in [0.29, 0.717) is 10.9 Å². The molecule has 0 aliphatic carbocycles. The Labute approximate surface area is 162 Å². The van der Waals surface area contributed by atoms with E-state index in [1.165, 1.54) is 17.7 Å². The van der Waals surface area contributed by atoms with Crippen molar-refractivity contribution in [3.8, 4) is 11.1 Å². The van der Waals surface area contributed by atoms with Crippen LogP contribution in [0.5, 0.6) is 0 Å². The highest BCUT2D eigenvalue weighted by atomic mass is 32.2. The van der Waals surface area contributed by atoms with E-state index < -0.39 is 0 Å². The zero-order valence-corrected chi connectivity index (χ0v) is 15.7. The number of hydrogen-bond acceptors (Lipinski definition) is 2. The van der Waals surface area contributed by atoms with Crippen LogP contribution in [-0.2, 0) is 0 Å². The average Bonchev–Trinajstić information content (AvgIpc) is 3.06. The number of thioether (sulfide) groups is 1. The number of nitrogens with zero attached hydrogens (tertiary/aromatic N) is 1. The summed E-state index contributed by atoms with van der Waals surface area (Å²) in [6, 6.07) is 18.6. The molecule has 1 aromatic heterocycles. The fourth-order valence-electron chi connectivity index (χ4n) is 3.40. The molecule has 1 aliphatic heterocycles. The van der Waals surface area contributed by atoms with Crippen LogP contribution in [-0.4, -0.2) is 34.6 Å². The lowest BCUT2D eigenvalue weighted by molar-refractivity contribution is 0.0761. The number of halogens is 1. The molecule has 1 saturated heterocycles. The number of rotatable bonds is 3. The minimum absolute atomic E-state index is 0.0256. The number of nitrogens with one attached hydrogen (secondary N) is 1. The Bertz CT molecular complexity index is 908. The van der Waals surface area contributed by atoms with Crippen molar-refractivity contribution >= 4 is 17.7 Å². The summed E-state index contributed by atoms with van der Waals surface area (Å²) in [6.45, 7) is 1.49. The zero-order chi connectivity index (χ0) is 18.6. The van der Waals surface area contributed by atoms with Crippen molar-refractivity contribution in [2.75, 3.05) is 18.8 Å². The molecule has 0 spiro atoms. The molecule has 2 aromatic carbocycles. The van der Waals surface area contributed by atoms with Crippen LogP contribution in [0.15, 0.2) is 66.9 Å². The zero-order valence-electron chi connectivity index (χ0n) is 14.9. The molecule has 3 aromatic rings. The predicted molar refractivity (Wildman–Crippen MR) is 108 cm³/mol. The lowest BCUT2D eigenvalue weighted by Crippen LogP contribution is -2.33. The molecule has 1 aliphatic rings. The van der Waals surface area contributed by atoms with Crippen molar-refractivity contribution in [1.29, 1.82) is 0 Å². The molecule has 1 fully saturated rings. The molecule has 5 heteroatoms. The van der Waals surface area contributed by atoms with Crippen LogP contribution in [0.3, 0.4) is 0 Å². The van der Waals surface area contributed by atoms with Crippen LogP contribution in [0, 0.1) is 5.82 Å². The summed E-state index contributed by atoms with van der Waals surface area (Å²) >= 11 is 1.92. The molecular formula is C22H21FN2OS. The second-order valence-electron chi connectivity index (χ2n) is 6.66. The van der Waals surface area contributed by atoms with E-state index in [1.54, 1.807) is 18.3 Å². The Kier molecular flexibility index (Phi) is 5.30. The highest BCUT2D eigenvalue weighted by Crippen LogP contribution is 2.34. The van der Waals surface area contributed by atoms with Gasteiger partial charge in [-0.25, -0.2) is 4.39 Å². The largest absolute Gasteiger partial charge is 0.357 e. The van der Waals surface area contributed by atoms with Gasteiger partial charge in [0.15, 0.2) is 0 Å². The van der Waals surface area contributed by atoms with E-state index >= 15 is 0 Å². The first-order chi connectivity index (χ1) is 13.2. The Morgan fingerprint density at radius 1 is 1.04 bits per heavy atom. The van der Waals surface area contributed by atoms with Gasteiger partial charge in [-0.05, 0) is 41.3 Å². The third-order valence-electron chi connectivity index (χ3n) is 4.89. The van der Waals surface area contributed by atoms with Crippen LogP contribution in [0.25, 0.3) is 11.1 Å². The van der Waals surface area contributed by atoms with Gasteiger partial charge in [-0.1, -0.05) is 42.5 Å². The molecular weight excluding hydrogens is 359 g/mol. The predicted octanol–water partition coefficient (Wildman–Crippen LogP) is 5.14. The lowest BCUT2D eigenvalue weighted by atomic mass is 10.1. The molecule has 1 amide bonds. The van der Waals surface area contributed by atoms with Crippen molar-refractivity contribution < 1.29 is 9.18 Å². The minimum atomic E-state index is -0.263. The summed E-state index contributed by atoms with van der Waals surface area (Å²) in [5.74, 6) is 0.690. The topological polar surface area (TPSA) is 36.1 Å². The smallest absolute Gasteiger partial charge is 0.270 e. The van der Waals surface area contributed by atoms with Crippen LogP contribution < -0.4 is 0 Å². The molecule has 1 N–H and O–H groups in total. The monoisotopic (exact) mass is 380 g/mol. The molecule has 2 heterocycles. The van der Waals surface area contributed by atoms with Gasteiger partial charge >= 0.3 is 0 Å². The Balaban J connectivity index is 1.45. The number of carbonyl (C=O) groups excluding carboxylic acids is 1. The summed E-state index contributed by atoms with van der Waals surface area (Å²) < 4.78 is 13.1. The average molecular weight is 380 g/mol. The molecule has 0 unspecified atom stereocenters. The maximum absolute atomic E-state index is 13.1. The van der Waals surface area contributed by atoms with Gasteiger partial charge in [-0.2, -0.15) is 11.8 Å². The summed E-state index contributed by atoms with van der Waals surface area (Å²) in [5.41, 5.74) is 3.69. The molecule has 3 nitrogen and oxygen atoms in total. The maximum atomic E-state index is 13.1. The second-order valence-corrected chi connectivity index (χ2v) is 7.97. The molecule has 0 bridgehead atoms. The second kappa shape index (κ2) is 8.01. The van der Waals surface area contributed by atoms with Crippen LogP contribution >= 0.6 is 11.8 Å². The Morgan fingerprint density at radius 2 is 1.81 bits per heavy atom. The van der Waals surface area contributed by atoms with Crippen molar-refractivity contribution in [2.45, 2.75) is 11.7 Å². The first kappa shape index (κ1) is 17.9. The number of amides is 1. The minimum Gasteiger partial charge on any atom is -0.357 e. The Hall–Kier alpha value is -2.53. The van der Waals surface area contributed by atoms with E-state index in [4.69, 9.17) is 0 Å². The highest BCUT2D eigenvalue weighted by molar-refractivity contribution is 7.99. The van der Waals surface area contributed by atoms with E-state index in [1.807, 2.05) is 28.8 Å². The maximum Gasteiger partial charge on any atom is 0.270 e. The molecule has 27 heavy (non-hydrogen) atoms. The van der Waals surface area contributed by atoms with E-state index in [9.17, 15) is 9.18 Å². The van der Waals surface area contributed by atoms with Crippen molar-refractivity contribution in [2.24, 2.45) is 0 Å². The van der Waals surface area contributed by atoms with Gasteiger partial charge in [0.1, 0.15) is 11.5 Å². The van der Waals surface area contributed by atoms with Gasteiger partial charge in [0.2, 0.25) is 0 Å². The van der Waals surface area contributed by atoms with Gasteiger partial charge in [0.25, 0.3) is 5.91 Å². The number of hydrogen-bond donors (Lipinski definition) is 1. The van der Waals surface area contributed by atoms with E-state index in [2.05, 4.69) is 29.2 Å². The number of carbonyl (C=O) groups is 1. The third-order valence-corrected chi connectivity index (χ3v) is 6.22. The van der Waals surface area contributed by atoms with Gasteiger partial charge in [0, 0.05) is 30.3 Å². The molecule has 0 saturated carbocycles. The van der Waals surface area contributed by atoms with Crippen LogP contribution in [0.1, 0.15) is 27.7 Å². The summed E-state index contributed by atoms with van der Waals surface area (Å²) in [5, 5.41) is 0.433. The lowest BCUT2D eigenvalue weighted by Gasteiger charge is -2.19. The summed E-state index contributed by atoms with van der Waals surface area (Å²) in [7, 11) is 0. The first-order valence-corrected chi connectivity index (χ1v) is 10.2. The van der Waals surface area contributed by atoms with Gasteiger partial charge in [-0.15, -0.1) is 0 Å². The molecule has 0 radical (unpaired) electrons. The number of benzene rings is 2. The number of aromatic amines is 1. The standard InChI is InChI=1S/C22H21FN2OS/c23-19-8-6-16(7-9-19)18-14-20(24-15-18)22(26)25-11-10-21(27-13-12-25)17-4-2-1-3-5-17/h1-9,14-15,21,24H,10-13H2/t21-/m1/s1. The van der Waals surface area contributed by atoms with Gasteiger partial charge < -0.3 is 9.88 Å². The summed E-state index contributed by atoms with van der Waals surface area (Å²) in [6.07, 6.45) is 2.76. The fourth-order valence-corrected chi connectivity index (χ4v) is 4.64. The van der Waals surface area contributed by atoms with Crippen molar-refractivity contribution in [3.63, 3.8) is 0 Å². The van der Waals surface area contributed by atoms with Crippen LogP contribution in [0.4, 0.5) is 4.39 Å². The Morgan fingerprint density at radius 3 is 2.59 bits per heavy atom. The number of H-pyrrole nitrogens is 1. The van der Waals surface area contributed by atoms with Crippen molar-refractivity contribution in [1.82, 2.24) is 9.88 Å².